The van der Waals surface area contributed by atoms with E-state index in [0.717, 1.165) is 4.90 Å². The highest BCUT2D eigenvalue weighted by atomic mass is 16.3. The molecule has 4 heteroatoms. The Morgan fingerprint density at radius 1 is 1.00 bits per heavy atom. The lowest BCUT2D eigenvalue weighted by atomic mass is 10.1. The van der Waals surface area contributed by atoms with E-state index < -0.39 is 0 Å². The highest BCUT2D eigenvalue weighted by Crippen LogP contribution is 2.30. The summed E-state index contributed by atoms with van der Waals surface area (Å²) >= 11 is 0. The molecule has 0 saturated heterocycles. The van der Waals surface area contributed by atoms with Crippen molar-refractivity contribution in [2.24, 2.45) is 0 Å². The van der Waals surface area contributed by atoms with Gasteiger partial charge in [0, 0.05) is 11.1 Å². The number of anilines is 1. The van der Waals surface area contributed by atoms with Gasteiger partial charge in [0.05, 0.1) is 5.69 Å². The second-order valence-corrected chi connectivity index (χ2v) is 4.17. The van der Waals surface area contributed by atoms with Crippen molar-refractivity contribution in [1.82, 2.24) is 0 Å². The van der Waals surface area contributed by atoms with Crippen LogP contribution in [0, 0.1) is 6.92 Å². The van der Waals surface area contributed by atoms with E-state index in [9.17, 15) is 14.7 Å². The fourth-order valence-electron chi connectivity index (χ4n) is 1.86. The predicted molar refractivity (Wildman–Crippen MR) is 63.7 cm³/mol. The summed E-state index contributed by atoms with van der Waals surface area (Å²) in [5.41, 5.74) is 2.16. The molecule has 1 N–H and O–H groups in total. The standard InChI is InChI=1S/C13H13NO3/c1-7-6-10(15)4-5-11(7)14-12(16)8(2)9(3)13(14)17/h4-6,15H,1-3H3. The summed E-state index contributed by atoms with van der Waals surface area (Å²) in [4.78, 5) is 25.0. The molecule has 1 aliphatic rings. The summed E-state index contributed by atoms with van der Waals surface area (Å²) in [6.07, 6.45) is 0. The second kappa shape index (κ2) is 3.73. The van der Waals surface area contributed by atoms with Gasteiger partial charge in [0.1, 0.15) is 5.75 Å². The van der Waals surface area contributed by atoms with Gasteiger partial charge in [-0.3, -0.25) is 9.59 Å². The summed E-state index contributed by atoms with van der Waals surface area (Å²) in [7, 11) is 0. The Hall–Kier alpha value is -2.10. The Morgan fingerprint density at radius 2 is 1.53 bits per heavy atom. The summed E-state index contributed by atoms with van der Waals surface area (Å²) in [6, 6.07) is 4.57. The van der Waals surface area contributed by atoms with Crippen LogP contribution in [0.2, 0.25) is 0 Å². The number of aryl methyl sites for hydroxylation is 1. The predicted octanol–water partition coefficient (Wildman–Crippen LogP) is 1.91. The second-order valence-electron chi connectivity index (χ2n) is 4.17. The van der Waals surface area contributed by atoms with Gasteiger partial charge in [0.2, 0.25) is 0 Å². The lowest BCUT2D eigenvalue weighted by molar-refractivity contribution is -0.120. The lowest BCUT2D eigenvalue weighted by Crippen LogP contribution is -2.31. The molecule has 0 spiro atoms. The molecule has 0 saturated carbocycles. The first-order chi connectivity index (χ1) is 7.93. The number of carbonyl (C=O) groups is 2. The van der Waals surface area contributed by atoms with Crippen LogP contribution in [0.25, 0.3) is 0 Å². The third kappa shape index (κ3) is 1.62. The number of aromatic hydroxyl groups is 1. The molecule has 88 valence electrons. The third-order valence-corrected chi connectivity index (χ3v) is 3.03. The maximum Gasteiger partial charge on any atom is 0.261 e. The Labute approximate surface area is 99.2 Å². The average molecular weight is 231 g/mol. The van der Waals surface area contributed by atoms with Crippen molar-refractivity contribution in [2.45, 2.75) is 20.8 Å². The van der Waals surface area contributed by atoms with Crippen LogP contribution in [0.4, 0.5) is 5.69 Å². The van der Waals surface area contributed by atoms with Crippen LogP contribution in [-0.2, 0) is 9.59 Å². The van der Waals surface area contributed by atoms with Crippen LogP contribution < -0.4 is 4.90 Å². The zero-order chi connectivity index (χ0) is 12.7. The topological polar surface area (TPSA) is 57.6 Å². The molecule has 2 amide bonds. The van der Waals surface area contributed by atoms with E-state index in [-0.39, 0.29) is 17.6 Å². The van der Waals surface area contributed by atoms with E-state index >= 15 is 0 Å². The normalized spacial score (nSPS) is 16.1. The number of hydrogen-bond acceptors (Lipinski definition) is 3. The average Bonchev–Trinajstić information content (AvgIpc) is 2.45. The van der Waals surface area contributed by atoms with Gasteiger partial charge in [-0.1, -0.05) is 0 Å². The van der Waals surface area contributed by atoms with E-state index in [0.29, 0.717) is 22.4 Å². The number of nitrogens with zero attached hydrogens (tertiary/aromatic N) is 1. The van der Waals surface area contributed by atoms with Crippen molar-refractivity contribution in [3.63, 3.8) is 0 Å². The summed E-state index contributed by atoms with van der Waals surface area (Å²) in [5, 5.41) is 9.32. The van der Waals surface area contributed by atoms with Crippen molar-refractivity contribution in [1.29, 1.82) is 0 Å². The molecule has 0 bridgehead atoms. The summed E-state index contributed by atoms with van der Waals surface area (Å²) in [5.74, 6) is -0.464. The minimum absolute atomic E-state index is 0.117. The van der Waals surface area contributed by atoms with Crippen LogP contribution >= 0.6 is 0 Å². The van der Waals surface area contributed by atoms with Crippen LogP contribution in [-0.4, -0.2) is 16.9 Å². The van der Waals surface area contributed by atoms with Gasteiger partial charge in [-0.15, -0.1) is 0 Å². The molecule has 0 unspecified atom stereocenters. The highest BCUT2D eigenvalue weighted by molar-refractivity contribution is 6.32. The zero-order valence-corrected chi connectivity index (χ0v) is 9.94. The van der Waals surface area contributed by atoms with E-state index in [1.165, 1.54) is 12.1 Å². The Balaban J connectivity index is 2.50. The van der Waals surface area contributed by atoms with Gasteiger partial charge in [-0.25, -0.2) is 4.90 Å². The number of amides is 2. The number of phenolic OH excluding ortho intramolecular Hbond substituents is 1. The Morgan fingerprint density at radius 3 is 2.00 bits per heavy atom. The molecule has 4 nitrogen and oxygen atoms in total. The Bertz CT molecular complexity index is 534. The minimum atomic E-state index is -0.290. The maximum atomic E-state index is 11.9. The molecule has 1 aromatic rings. The first-order valence-electron chi connectivity index (χ1n) is 5.29. The number of rotatable bonds is 1. The molecule has 0 fully saturated rings. The molecule has 0 radical (unpaired) electrons. The first-order valence-corrected chi connectivity index (χ1v) is 5.29. The molecule has 0 aromatic heterocycles. The molecule has 1 aliphatic heterocycles. The molecule has 1 aromatic carbocycles. The van der Waals surface area contributed by atoms with Crippen LogP contribution in [0.5, 0.6) is 5.75 Å². The van der Waals surface area contributed by atoms with Crippen molar-refractivity contribution >= 4 is 17.5 Å². The van der Waals surface area contributed by atoms with E-state index in [1.54, 1.807) is 26.8 Å². The highest BCUT2D eigenvalue weighted by Gasteiger charge is 2.35. The van der Waals surface area contributed by atoms with E-state index in [2.05, 4.69) is 0 Å². The van der Waals surface area contributed by atoms with E-state index in [4.69, 9.17) is 0 Å². The van der Waals surface area contributed by atoms with Crippen LogP contribution in [0.15, 0.2) is 29.3 Å². The monoisotopic (exact) mass is 231 g/mol. The largest absolute Gasteiger partial charge is 0.508 e. The Kier molecular flexibility index (Phi) is 2.50. The third-order valence-electron chi connectivity index (χ3n) is 3.03. The van der Waals surface area contributed by atoms with Gasteiger partial charge in [-0.2, -0.15) is 0 Å². The smallest absolute Gasteiger partial charge is 0.261 e. The molecule has 17 heavy (non-hydrogen) atoms. The van der Waals surface area contributed by atoms with Crippen molar-refractivity contribution in [2.75, 3.05) is 4.90 Å². The number of imide groups is 1. The van der Waals surface area contributed by atoms with Crippen LogP contribution in [0.1, 0.15) is 19.4 Å². The molecule has 2 rings (SSSR count). The van der Waals surface area contributed by atoms with Crippen LogP contribution in [0.3, 0.4) is 0 Å². The van der Waals surface area contributed by atoms with E-state index in [1.807, 2.05) is 0 Å². The fourth-order valence-corrected chi connectivity index (χ4v) is 1.86. The molecule has 1 heterocycles. The van der Waals surface area contributed by atoms with Crippen molar-refractivity contribution in [3.05, 3.63) is 34.9 Å². The van der Waals surface area contributed by atoms with Crippen molar-refractivity contribution < 1.29 is 14.7 Å². The summed E-state index contributed by atoms with van der Waals surface area (Å²) < 4.78 is 0. The number of carbonyl (C=O) groups excluding carboxylic acids is 2. The van der Waals surface area contributed by atoms with Gasteiger partial charge >= 0.3 is 0 Å². The van der Waals surface area contributed by atoms with Gasteiger partial charge in [-0.05, 0) is 44.5 Å². The lowest BCUT2D eigenvalue weighted by Gasteiger charge is -2.17. The molecule has 0 atom stereocenters. The SMILES string of the molecule is CC1=C(C)C(=O)N(c2ccc(O)cc2C)C1=O. The minimum Gasteiger partial charge on any atom is -0.508 e. The fraction of sp³-hybridized carbons (Fsp3) is 0.231. The summed E-state index contributed by atoms with van der Waals surface area (Å²) in [6.45, 7) is 5.04. The maximum absolute atomic E-state index is 11.9. The first kappa shape index (κ1) is 11.4. The van der Waals surface area contributed by atoms with Gasteiger partial charge in [0.25, 0.3) is 11.8 Å². The van der Waals surface area contributed by atoms with Crippen molar-refractivity contribution in [3.8, 4) is 5.75 Å². The molecular weight excluding hydrogens is 218 g/mol. The molecule has 0 aliphatic carbocycles. The quantitative estimate of drug-likeness (QED) is 0.751. The number of hydrogen-bond donors (Lipinski definition) is 1. The number of phenols is 1. The van der Waals surface area contributed by atoms with Gasteiger partial charge < -0.3 is 5.11 Å². The number of benzene rings is 1. The zero-order valence-electron chi connectivity index (χ0n) is 9.94. The molecular formula is C13H13NO3. The van der Waals surface area contributed by atoms with Gasteiger partial charge in [0.15, 0.2) is 0 Å².